The summed E-state index contributed by atoms with van der Waals surface area (Å²) in [7, 11) is 1.51. The standard InChI is InChI=1S/C17H29NO4/c1-5-7-9-10-11-12-14-21-16(19)15(3)18(4)17(20)22-13-8-6-2/h15H,5,7,9-14H2,1-4H3. The van der Waals surface area contributed by atoms with Crippen LogP contribution >= 0.6 is 0 Å². The lowest BCUT2D eigenvalue weighted by Crippen LogP contribution is -2.41. The number of unbranched alkanes of at least 4 members (excludes halogenated alkanes) is 5. The van der Waals surface area contributed by atoms with Crippen molar-refractivity contribution in [1.82, 2.24) is 4.90 Å². The summed E-state index contributed by atoms with van der Waals surface area (Å²) in [6, 6.07) is -0.665. The summed E-state index contributed by atoms with van der Waals surface area (Å²) >= 11 is 0. The Morgan fingerprint density at radius 1 is 1.09 bits per heavy atom. The molecule has 1 unspecified atom stereocenters. The van der Waals surface area contributed by atoms with E-state index in [1.165, 1.54) is 37.6 Å². The molecule has 0 radical (unpaired) electrons. The molecule has 0 saturated heterocycles. The van der Waals surface area contributed by atoms with E-state index in [0.29, 0.717) is 6.61 Å². The fraction of sp³-hybridized carbons (Fsp3) is 0.765. The first kappa shape index (κ1) is 20.3. The van der Waals surface area contributed by atoms with Gasteiger partial charge in [-0.2, -0.15) is 0 Å². The third-order valence-corrected chi connectivity index (χ3v) is 3.40. The number of hydrogen-bond donors (Lipinski definition) is 0. The van der Waals surface area contributed by atoms with Gasteiger partial charge in [-0.3, -0.25) is 4.90 Å². The summed E-state index contributed by atoms with van der Waals surface area (Å²) in [5, 5.41) is 0. The van der Waals surface area contributed by atoms with E-state index in [9.17, 15) is 9.59 Å². The molecule has 0 fully saturated rings. The topological polar surface area (TPSA) is 55.8 Å². The molecule has 0 heterocycles. The Labute approximate surface area is 134 Å². The van der Waals surface area contributed by atoms with Crippen LogP contribution in [0.3, 0.4) is 0 Å². The molecule has 0 N–H and O–H groups in total. The number of nitrogens with zero attached hydrogens (tertiary/aromatic N) is 1. The van der Waals surface area contributed by atoms with Gasteiger partial charge in [-0.1, -0.05) is 44.9 Å². The minimum absolute atomic E-state index is 0.0270. The first-order valence-electron chi connectivity index (χ1n) is 8.00. The van der Waals surface area contributed by atoms with E-state index in [1.807, 2.05) is 0 Å². The van der Waals surface area contributed by atoms with Crippen LogP contribution in [0.5, 0.6) is 0 Å². The van der Waals surface area contributed by atoms with E-state index in [2.05, 4.69) is 18.8 Å². The van der Waals surface area contributed by atoms with Crippen LogP contribution in [0, 0.1) is 11.8 Å². The van der Waals surface area contributed by atoms with Crippen LogP contribution < -0.4 is 0 Å². The Hall–Kier alpha value is -1.70. The predicted octanol–water partition coefficient (Wildman–Crippen LogP) is 3.37. The zero-order valence-electron chi connectivity index (χ0n) is 14.3. The Morgan fingerprint density at radius 2 is 1.73 bits per heavy atom. The minimum Gasteiger partial charge on any atom is -0.464 e. The predicted molar refractivity (Wildman–Crippen MR) is 86.4 cm³/mol. The summed E-state index contributed by atoms with van der Waals surface area (Å²) in [6.07, 6.45) is 6.23. The summed E-state index contributed by atoms with van der Waals surface area (Å²) in [4.78, 5) is 24.7. The monoisotopic (exact) mass is 311 g/mol. The second-order valence-corrected chi connectivity index (χ2v) is 5.20. The summed E-state index contributed by atoms with van der Waals surface area (Å²) in [5.74, 6) is 4.85. The van der Waals surface area contributed by atoms with Gasteiger partial charge in [-0.05, 0) is 20.3 Å². The average Bonchev–Trinajstić information content (AvgIpc) is 2.52. The van der Waals surface area contributed by atoms with Gasteiger partial charge in [-0.25, -0.2) is 9.59 Å². The highest BCUT2D eigenvalue weighted by molar-refractivity contribution is 5.80. The Bertz CT molecular complexity index is 384. The molecule has 0 aliphatic carbocycles. The van der Waals surface area contributed by atoms with Gasteiger partial charge in [0.25, 0.3) is 0 Å². The van der Waals surface area contributed by atoms with Crippen molar-refractivity contribution in [3.05, 3.63) is 0 Å². The Balaban J connectivity index is 3.88. The summed E-state index contributed by atoms with van der Waals surface area (Å²) in [6.45, 7) is 5.90. The Kier molecular flexibility index (Phi) is 12.0. The van der Waals surface area contributed by atoms with E-state index in [0.717, 1.165) is 12.8 Å². The van der Waals surface area contributed by atoms with Crippen molar-refractivity contribution in [2.24, 2.45) is 0 Å². The molecule has 0 bridgehead atoms. The van der Waals surface area contributed by atoms with Crippen molar-refractivity contribution in [2.45, 2.75) is 65.3 Å². The van der Waals surface area contributed by atoms with E-state index in [-0.39, 0.29) is 6.61 Å². The third kappa shape index (κ3) is 9.28. The van der Waals surface area contributed by atoms with Gasteiger partial charge in [0.2, 0.25) is 0 Å². The highest BCUT2D eigenvalue weighted by atomic mass is 16.6. The Morgan fingerprint density at radius 3 is 2.36 bits per heavy atom. The van der Waals surface area contributed by atoms with Crippen molar-refractivity contribution in [2.75, 3.05) is 20.3 Å². The van der Waals surface area contributed by atoms with Crippen LogP contribution in [0.15, 0.2) is 0 Å². The van der Waals surface area contributed by atoms with E-state index < -0.39 is 18.1 Å². The van der Waals surface area contributed by atoms with E-state index in [1.54, 1.807) is 13.8 Å². The molecule has 0 spiro atoms. The quantitative estimate of drug-likeness (QED) is 0.352. The maximum atomic E-state index is 11.9. The first-order valence-corrected chi connectivity index (χ1v) is 8.00. The second-order valence-electron chi connectivity index (χ2n) is 5.20. The fourth-order valence-electron chi connectivity index (χ4n) is 1.76. The lowest BCUT2D eigenvalue weighted by molar-refractivity contribution is -0.148. The number of likely N-dealkylation sites (N-methyl/N-ethyl adjacent to an activating group) is 1. The van der Waals surface area contributed by atoms with Crippen LogP contribution in [-0.4, -0.2) is 43.3 Å². The highest BCUT2D eigenvalue weighted by Crippen LogP contribution is 2.06. The maximum absolute atomic E-state index is 11.9. The molecular formula is C17H29NO4. The number of carbonyl (C=O) groups excluding carboxylic acids is 2. The molecule has 1 atom stereocenters. The van der Waals surface area contributed by atoms with Crippen LogP contribution in [0.4, 0.5) is 4.79 Å². The molecule has 0 aliphatic rings. The van der Waals surface area contributed by atoms with Crippen molar-refractivity contribution < 1.29 is 19.1 Å². The van der Waals surface area contributed by atoms with Crippen molar-refractivity contribution in [1.29, 1.82) is 0 Å². The van der Waals surface area contributed by atoms with E-state index >= 15 is 0 Å². The molecule has 1 amide bonds. The van der Waals surface area contributed by atoms with Crippen molar-refractivity contribution in [3.8, 4) is 11.8 Å². The van der Waals surface area contributed by atoms with Crippen LogP contribution in [0.1, 0.15) is 59.3 Å². The lowest BCUT2D eigenvalue weighted by atomic mass is 10.1. The highest BCUT2D eigenvalue weighted by Gasteiger charge is 2.24. The molecule has 0 aromatic carbocycles. The largest absolute Gasteiger partial charge is 0.464 e. The fourth-order valence-corrected chi connectivity index (χ4v) is 1.76. The van der Waals surface area contributed by atoms with Crippen LogP contribution in [0.25, 0.3) is 0 Å². The number of amides is 1. The zero-order valence-corrected chi connectivity index (χ0v) is 14.3. The summed E-state index contributed by atoms with van der Waals surface area (Å²) in [5.41, 5.74) is 0. The number of ether oxygens (including phenoxy) is 2. The number of hydrogen-bond acceptors (Lipinski definition) is 4. The normalized spacial score (nSPS) is 11.1. The molecule has 126 valence electrons. The van der Waals surface area contributed by atoms with Crippen LogP contribution in [0.2, 0.25) is 0 Å². The third-order valence-electron chi connectivity index (χ3n) is 3.40. The molecule has 0 rings (SSSR count). The number of rotatable bonds is 10. The SMILES string of the molecule is CC#CCOC(=O)N(C)C(C)C(=O)OCCCCCCCC. The minimum atomic E-state index is -0.665. The smallest absolute Gasteiger partial charge is 0.411 e. The molecule has 0 aliphatic heterocycles. The molecule has 0 aromatic heterocycles. The molecular weight excluding hydrogens is 282 g/mol. The molecule has 0 aromatic rings. The van der Waals surface area contributed by atoms with Gasteiger partial charge in [0.05, 0.1) is 6.61 Å². The van der Waals surface area contributed by atoms with Gasteiger partial charge in [0.15, 0.2) is 6.61 Å². The van der Waals surface area contributed by atoms with Gasteiger partial charge < -0.3 is 9.47 Å². The van der Waals surface area contributed by atoms with Gasteiger partial charge in [0.1, 0.15) is 6.04 Å². The second kappa shape index (κ2) is 13.0. The summed E-state index contributed by atoms with van der Waals surface area (Å²) < 4.78 is 10.1. The van der Waals surface area contributed by atoms with Crippen molar-refractivity contribution in [3.63, 3.8) is 0 Å². The molecule has 0 saturated carbocycles. The zero-order chi connectivity index (χ0) is 16.8. The van der Waals surface area contributed by atoms with Gasteiger partial charge in [0, 0.05) is 7.05 Å². The number of carbonyl (C=O) groups is 2. The van der Waals surface area contributed by atoms with Gasteiger partial charge >= 0.3 is 12.1 Å². The first-order chi connectivity index (χ1) is 10.5. The number of esters is 1. The molecule has 22 heavy (non-hydrogen) atoms. The molecule has 5 heteroatoms. The lowest BCUT2D eigenvalue weighted by Gasteiger charge is -2.22. The molecule has 5 nitrogen and oxygen atoms in total. The van der Waals surface area contributed by atoms with Gasteiger partial charge in [-0.15, -0.1) is 5.92 Å². The van der Waals surface area contributed by atoms with Crippen molar-refractivity contribution >= 4 is 12.1 Å². The maximum Gasteiger partial charge on any atom is 0.411 e. The van der Waals surface area contributed by atoms with E-state index in [4.69, 9.17) is 9.47 Å². The average molecular weight is 311 g/mol. The van der Waals surface area contributed by atoms with Crippen LogP contribution in [-0.2, 0) is 14.3 Å².